The Labute approximate surface area is 192 Å². The number of hydrogen-bond donors (Lipinski definition) is 1. The molecule has 0 saturated carbocycles. The van der Waals surface area contributed by atoms with Gasteiger partial charge >= 0.3 is 0 Å². The first-order valence-corrected chi connectivity index (χ1v) is 11.2. The number of nitrogens with two attached hydrogens (primary N) is 1. The molecule has 0 saturated heterocycles. The molecule has 0 radical (unpaired) electrons. The van der Waals surface area contributed by atoms with E-state index in [1.54, 1.807) is 17.0 Å². The minimum atomic E-state index is -0.477. The molecule has 2 amide bonds. The Hall–Kier alpha value is -3.65. The predicted octanol–water partition coefficient (Wildman–Crippen LogP) is 3.26. The van der Waals surface area contributed by atoms with Crippen LogP contribution < -0.4 is 10.6 Å². The molecule has 2 N–H and O–H groups in total. The van der Waals surface area contributed by atoms with Gasteiger partial charge in [0.15, 0.2) is 0 Å². The number of primary amides is 1. The van der Waals surface area contributed by atoms with E-state index in [0.29, 0.717) is 23.8 Å². The number of hydrogen-bond acceptors (Lipinski definition) is 4. The van der Waals surface area contributed by atoms with E-state index >= 15 is 0 Å². The van der Waals surface area contributed by atoms with Crippen LogP contribution in [-0.4, -0.2) is 58.0 Å². The Kier molecular flexibility index (Phi) is 5.17. The van der Waals surface area contributed by atoms with Gasteiger partial charge in [0.1, 0.15) is 5.69 Å². The van der Waals surface area contributed by atoms with Crippen molar-refractivity contribution in [3.8, 4) is 0 Å². The summed E-state index contributed by atoms with van der Waals surface area (Å²) in [6.07, 6.45) is 0.952. The number of aromatic nitrogens is 3. The standard InChI is InChI=1S/C25H28N6O2/c1-16-15-30(24(33)22-13-17-9-10-18(23(26)32)14-21(17)31(16)22)25-27-19-7-4-5-8-20(19)29(25)12-6-11-28(2)3/h4-5,7-10,13-14,16H,6,11-12,15H2,1-3H3,(H2,26,32). The lowest BCUT2D eigenvalue weighted by atomic mass is 10.1. The monoisotopic (exact) mass is 444 g/mol. The zero-order valence-corrected chi connectivity index (χ0v) is 19.2. The molecule has 2 aromatic carbocycles. The lowest BCUT2D eigenvalue weighted by molar-refractivity contribution is 0.0955. The van der Waals surface area contributed by atoms with Gasteiger partial charge in [-0.15, -0.1) is 0 Å². The van der Waals surface area contributed by atoms with Crippen molar-refractivity contribution in [1.29, 1.82) is 0 Å². The molecule has 0 bridgehead atoms. The van der Waals surface area contributed by atoms with Gasteiger partial charge in [-0.3, -0.25) is 14.5 Å². The van der Waals surface area contributed by atoms with E-state index in [1.165, 1.54) is 0 Å². The van der Waals surface area contributed by atoms with Crippen molar-refractivity contribution < 1.29 is 9.59 Å². The summed E-state index contributed by atoms with van der Waals surface area (Å²) in [5.74, 6) is 0.116. The van der Waals surface area contributed by atoms with Crippen molar-refractivity contribution in [2.45, 2.75) is 25.9 Å². The Balaban J connectivity index is 1.59. The second-order valence-corrected chi connectivity index (χ2v) is 9.01. The summed E-state index contributed by atoms with van der Waals surface area (Å²) in [6, 6.07) is 15.2. The minimum absolute atomic E-state index is 0.00774. The highest BCUT2D eigenvalue weighted by Crippen LogP contribution is 2.33. The molecule has 0 aliphatic carbocycles. The molecule has 1 aliphatic heterocycles. The van der Waals surface area contributed by atoms with Crippen molar-refractivity contribution in [2.24, 2.45) is 5.73 Å². The summed E-state index contributed by atoms with van der Waals surface area (Å²) in [5.41, 5.74) is 9.28. The number of imidazole rings is 1. The smallest absolute Gasteiger partial charge is 0.277 e. The van der Waals surface area contributed by atoms with Crippen LogP contribution in [0.15, 0.2) is 48.5 Å². The number of aryl methyl sites for hydroxylation is 1. The van der Waals surface area contributed by atoms with Gasteiger partial charge in [0.2, 0.25) is 11.9 Å². The first-order chi connectivity index (χ1) is 15.8. The molecule has 33 heavy (non-hydrogen) atoms. The fourth-order valence-corrected chi connectivity index (χ4v) is 4.79. The van der Waals surface area contributed by atoms with Crippen LogP contribution in [0.2, 0.25) is 0 Å². The van der Waals surface area contributed by atoms with Gasteiger partial charge in [0.05, 0.1) is 11.0 Å². The van der Waals surface area contributed by atoms with E-state index in [2.05, 4.69) is 36.6 Å². The first kappa shape index (κ1) is 21.2. The van der Waals surface area contributed by atoms with Gasteiger partial charge in [0.25, 0.3) is 5.91 Å². The van der Waals surface area contributed by atoms with Crippen LogP contribution in [0, 0.1) is 0 Å². The molecule has 5 rings (SSSR count). The average molecular weight is 445 g/mol. The van der Waals surface area contributed by atoms with Gasteiger partial charge in [-0.25, -0.2) is 4.98 Å². The summed E-state index contributed by atoms with van der Waals surface area (Å²) >= 11 is 0. The number of para-hydroxylation sites is 2. The quantitative estimate of drug-likeness (QED) is 0.494. The predicted molar refractivity (Wildman–Crippen MR) is 130 cm³/mol. The molecule has 0 spiro atoms. The van der Waals surface area contributed by atoms with Gasteiger partial charge in [-0.2, -0.15) is 0 Å². The summed E-state index contributed by atoms with van der Waals surface area (Å²) in [6.45, 7) is 4.30. The second kappa shape index (κ2) is 8.04. The molecule has 1 aliphatic rings. The summed E-state index contributed by atoms with van der Waals surface area (Å²) in [7, 11) is 4.12. The number of nitrogens with zero attached hydrogens (tertiary/aromatic N) is 5. The number of carbonyl (C=O) groups is 2. The van der Waals surface area contributed by atoms with Crippen LogP contribution >= 0.6 is 0 Å². The molecule has 8 heteroatoms. The highest BCUT2D eigenvalue weighted by atomic mass is 16.2. The topological polar surface area (TPSA) is 89.4 Å². The van der Waals surface area contributed by atoms with Crippen molar-refractivity contribution in [2.75, 3.05) is 32.1 Å². The van der Waals surface area contributed by atoms with Crippen LogP contribution in [0.5, 0.6) is 0 Å². The largest absolute Gasteiger partial charge is 0.366 e. The molecule has 1 unspecified atom stereocenters. The molecule has 2 aromatic heterocycles. The van der Waals surface area contributed by atoms with Crippen LogP contribution in [0.25, 0.3) is 21.9 Å². The number of anilines is 1. The summed E-state index contributed by atoms with van der Waals surface area (Å²) in [4.78, 5) is 34.2. The molecule has 4 aromatic rings. The normalized spacial score (nSPS) is 16.2. The minimum Gasteiger partial charge on any atom is -0.366 e. The van der Waals surface area contributed by atoms with Crippen molar-refractivity contribution >= 4 is 39.7 Å². The lowest BCUT2D eigenvalue weighted by Crippen LogP contribution is -2.43. The van der Waals surface area contributed by atoms with Crippen molar-refractivity contribution in [3.05, 3.63) is 59.8 Å². The van der Waals surface area contributed by atoms with Gasteiger partial charge in [0, 0.05) is 35.6 Å². The summed E-state index contributed by atoms with van der Waals surface area (Å²) in [5, 5.41) is 0.913. The number of benzene rings is 2. The maximum atomic E-state index is 13.7. The SMILES string of the molecule is CC1CN(c2nc3ccccc3n2CCCN(C)C)C(=O)c2cc3ccc(C(N)=O)cc3n21. The highest BCUT2D eigenvalue weighted by molar-refractivity contribution is 6.09. The Bertz CT molecular complexity index is 1380. The Morgan fingerprint density at radius 3 is 2.70 bits per heavy atom. The third-order valence-corrected chi connectivity index (χ3v) is 6.34. The maximum absolute atomic E-state index is 13.7. The van der Waals surface area contributed by atoms with Gasteiger partial charge in [-0.05, 0) is 64.3 Å². The first-order valence-electron chi connectivity index (χ1n) is 11.2. The number of amides is 2. The Morgan fingerprint density at radius 1 is 1.15 bits per heavy atom. The van der Waals surface area contributed by atoms with E-state index in [1.807, 2.05) is 34.9 Å². The molecular formula is C25H28N6O2. The second-order valence-electron chi connectivity index (χ2n) is 9.01. The fourth-order valence-electron chi connectivity index (χ4n) is 4.79. The van der Waals surface area contributed by atoms with Crippen LogP contribution in [0.4, 0.5) is 5.95 Å². The molecule has 170 valence electrons. The summed E-state index contributed by atoms with van der Waals surface area (Å²) < 4.78 is 4.17. The van der Waals surface area contributed by atoms with Crippen molar-refractivity contribution in [1.82, 2.24) is 19.0 Å². The van der Waals surface area contributed by atoms with Gasteiger partial charge in [-0.1, -0.05) is 18.2 Å². The van der Waals surface area contributed by atoms with Crippen LogP contribution in [-0.2, 0) is 6.54 Å². The zero-order valence-electron chi connectivity index (χ0n) is 19.2. The molecule has 1 atom stereocenters. The van der Waals surface area contributed by atoms with E-state index in [4.69, 9.17) is 10.7 Å². The van der Waals surface area contributed by atoms with E-state index in [0.717, 1.165) is 41.4 Å². The number of fused-ring (bicyclic) bond motifs is 4. The highest BCUT2D eigenvalue weighted by Gasteiger charge is 2.34. The van der Waals surface area contributed by atoms with Gasteiger partial charge < -0.3 is 19.8 Å². The fraction of sp³-hybridized carbons (Fsp3) is 0.320. The number of rotatable bonds is 6. The number of carbonyl (C=O) groups excluding carboxylic acids is 2. The Morgan fingerprint density at radius 2 is 1.94 bits per heavy atom. The lowest BCUT2D eigenvalue weighted by Gasteiger charge is -2.33. The van der Waals surface area contributed by atoms with Crippen LogP contribution in [0.3, 0.4) is 0 Å². The third kappa shape index (κ3) is 3.56. The van der Waals surface area contributed by atoms with E-state index in [-0.39, 0.29) is 11.9 Å². The molecule has 0 fully saturated rings. The zero-order chi connectivity index (χ0) is 23.3. The van der Waals surface area contributed by atoms with E-state index < -0.39 is 5.91 Å². The molecule has 3 heterocycles. The van der Waals surface area contributed by atoms with Crippen LogP contribution in [0.1, 0.15) is 40.2 Å². The van der Waals surface area contributed by atoms with Crippen molar-refractivity contribution in [3.63, 3.8) is 0 Å². The molecule has 8 nitrogen and oxygen atoms in total. The van der Waals surface area contributed by atoms with E-state index in [9.17, 15) is 9.59 Å². The molecular weight excluding hydrogens is 416 g/mol. The maximum Gasteiger partial charge on any atom is 0.277 e. The third-order valence-electron chi connectivity index (χ3n) is 6.34. The average Bonchev–Trinajstić information content (AvgIpc) is 3.35.